The van der Waals surface area contributed by atoms with Crippen molar-refractivity contribution in [3.63, 3.8) is 0 Å². The predicted molar refractivity (Wildman–Crippen MR) is 105 cm³/mol. The van der Waals surface area contributed by atoms with Gasteiger partial charge in [-0.3, -0.25) is 0 Å². The maximum absolute atomic E-state index is 6.43. The Hall–Kier alpha value is -2.93. The van der Waals surface area contributed by atoms with Crippen molar-refractivity contribution in [2.75, 3.05) is 25.3 Å². The highest BCUT2D eigenvalue weighted by molar-refractivity contribution is 6.31. The zero-order valence-electron chi connectivity index (χ0n) is 15.0. The van der Waals surface area contributed by atoms with Gasteiger partial charge in [0.2, 0.25) is 11.9 Å². The number of anilines is 2. The van der Waals surface area contributed by atoms with Crippen LogP contribution in [0.15, 0.2) is 42.5 Å². The molecule has 0 saturated carbocycles. The second kappa shape index (κ2) is 7.00. The lowest BCUT2D eigenvalue weighted by Gasteiger charge is -2.32. The van der Waals surface area contributed by atoms with E-state index in [0.717, 1.165) is 17.5 Å². The Morgan fingerprint density at radius 3 is 2.67 bits per heavy atom. The van der Waals surface area contributed by atoms with E-state index >= 15 is 0 Å². The van der Waals surface area contributed by atoms with Gasteiger partial charge < -0.3 is 20.5 Å². The van der Waals surface area contributed by atoms with Crippen LogP contribution in [0.2, 0.25) is 5.02 Å². The van der Waals surface area contributed by atoms with Crippen molar-refractivity contribution in [3.8, 4) is 11.5 Å². The van der Waals surface area contributed by atoms with Crippen LogP contribution >= 0.6 is 11.6 Å². The second-order valence-electron chi connectivity index (χ2n) is 6.32. The molecule has 0 spiro atoms. The molecule has 1 aliphatic heterocycles. The fourth-order valence-electron chi connectivity index (χ4n) is 3.49. The molecule has 7 nitrogen and oxygen atoms in total. The molecule has 27 heavy (non-hydrogen) atoms. The number of aromatic nitrogens is 3. The number of halogens is 1. The second-order valence-corrected chi connectivity index (χ2v) is 6.73. The maximum Gasteiger partial charge on any atom is 0.241 e. The Labute approximate surface area is 162 Å². The van der Waals surface area contributed by atoms with Crippen LogP contribution in [0.5, 0.6) is 11.5 Å². The van der Waals surface area contributed by atoms with E-state index in [-0.39, 0.29) is 18.0 Å². The van der Waals surface area contributed by atoms with Crippen molar-refractivity contribution < 1.29 is 9.47 Å². The van der Waals surface area contributed by atoms with Gasteiger partial charge in [0.25, 0.3) is 0 Å². The fourth-order valence-corrected chi connectivity index (χ4v) is 3.76. The highest BCUT2D eigenvalue weighted by atomic mass is 35.5. The summed E-state index contributed by atoms with van der Waals surface area (Å²) in [5.41, 5.74) is 7.90. The molecule has 2 heterocycles. The van der Waals surface area contributed by atoms with E-state index in [1.807, 2.05) is 47.1 Å². The Morgan fingerprint density at radius 1 is 1.15 bits per heavy atom. The topological polar surface area (TPSA) is 87.2 Å². The fraction of sp³-hybridized carbons (Fsp3) is 0.263. The molecule has 1 aliphatic rings. The maximum atomic E-state index is 6.43. The van der Waals surface area contributed by atoms with Gasteiger partial charge in [0.15, 0.2) is 11.5 Å². The van der Waals surface area contributed by atoms with Gasteiger partial charge in [0.1, 0.15) is 0 Å². The number of rotatable bonds is 4. The Morgan fingerprint density at radius 2 is 1.93 bits per heavy atom. The van der Waals surface area contributed by atoms with Crippen LogP contribution in [0.1, 0.15) is 29.6 Å². The van der Waals surface area contributed by atoms with Crippen LogP contribution in [-0.4, -0.2) is 29.0 Å². The zero-order valence-corrected chi connectivity index (χ0v) is 15.8. The summed E-state index contributed by atoms with van der Waals surface area (Å²) in [6, 6.07) is 13.5. The number of nitrogen functional groups attached to an aromatic ring is 1. The minimum Gasteiger partial charge on any atom is -0.493 e. The highest BCUT2D eigenvalue weighted by Crippen LogP contribution is 2.41. The largest absolute Gasteiger partial charge is 0.493 e. The molecule has 0 radical (unpaired) electrons. The van der Waals surface area contributed by atoms with Crippen molar-refractivity contribution in [2.24, 2.45) is 0 Å². The summed E-state index contributed by atoms with van der Waals surface area (Å²) in [7, 11) is 3.24. The predicted octanol–water partition coefficient (Wildman–Crippen LogP) is 3.68. The van der Waals surface area contributed by atoms with Gasteiger partial charge in [0, 0.05) is 5.02 Å². The minimum absolute atomic E-state index is 0.0205. The number of fused-ring (bicyclic) bond motifs is 1. The molecule has 0 fully saturated rings. The normalized spacial score (nSPS) is 18.5. The molecule has 8 heteroatoms. The standard InChI is InChI=1S/C19H20ClN5O2/c1-26-16-8-7-11(9-17(16)27-2)15-10-14(12-5-3-4-6-13(12)20)22-19-23-18(21)24-25(15)19/h3-9,14-15H,10H2,1-2H3,(H3,21,22,23,24)/t14-,15+/m1/s1. The number of hydrogen-bond acceptors (Lipinski definition) is 6. The molecule has 2 aromatic carbocycles. The summed E-state index contributed by atoms with van der Waals surface area (Å²) in [5.74, 6) is 2.18. The van der Waals surface area contributed by atoms with E-state index in [4.69, 9.17) is 26.8 Å². The number of benzene rings is 2. The van der Waals surface area contributed by atoms with E-state index in [9.17, 15) is 0 Å². The van der Waals surface area contributed by atoms with Crippen LogP contribution in [0.3, 0.4) is 0 Å². The van der Waals surface area contributed by atoms with Crippen molar-refractivity contribution in [1.29, 1.82) is 0 Å². The molecular formula is C19H20ClN5O2. The van der Waals surface area contributed by atoms with Crippen LogP contribution < -0.4 is 20.5 Å². The first kappa shape index (κ1) is 17.5. The summed E-state index contributed by atoms with van der Waals surface area (Å²) in [6.07, 6.45) is 0.731. The van der Waals surface area contributed by atoms with Gasteiger partial charge in [-0.2, -0.15) is 4.98 Å². The number of ether oxygens (including phenoxy) is 2. The zero-order chi connectivity index (χ0) is 19.0. The smallest absolute Gasteiger partial charge is 0.241 e. The highest BCUT2D eigenvalue weighted by Gasteiger charge is 2.32. The third-order valence-corrected chi connectivity index (χ3v) is 5.12. The summed E-state index contributed by atoms with van der Waals surface area (Å²) < 4.78 is 12.6. The van der Waals surface area contributed by atoms with Crippen LogP contribution in [-0.2, 0) is 0 Å². The number of nitrogens with one attached hydrogen (secondary N) is 1. The monoisotopic (exact) mass is 385 g/mol. The lowest BCUT2D eigenvalue weighted by atomic mass is 9.93. The quantitative estimate of drug-likeness (QED) is 0.712. The van der Waals surface area contributed by atoms with Gasteiger partial charge >= 0.3 is 0 Å². The average Bonchev–Trinajstić information content (AvgIpc) is 3.07. The van der Waals surface area contributed by atoms with Gasteiger partial charge in [0.05, 0.1) is 26.3 Å². The lowest BCUT2D eigenvalue weighted by molar-refractivity contribution is 0.352. The third kappa shape index (κ3) is 3.14. The van der Waals surface area contributed by atoms with Crippen LogP contribution in [0.4, 0.5) is 11.9 Å². The van der Waals surface area contributed by atoms with E-state index in [1.54, 1.807) is 14.2 Å². The molecule has 0 amide bonds. The Bertz CT molecular complexity index is 974. The first-order chi connectivity index (χ1) is 13.1. The van der Waals surface area contributed by atoms with Gasteiger partial charge in [-0.25, -0.2) is 4.68 Å². The van der Waals surface area contributed by atoms with E-state index in [1.165, 1.54) is 0 Å². The van der Waals surface area contributed by atoms with Gasteiger partial charge in [-0.15, -0.1) is 5.10 Å². The van der Waals surface area contributed by atoms with Crippen molar-refractivity contribution in [1.82, 2.24) is 14.8 Å². The molecule has 2 atom stereocenters. The van der Waals surface area contributed by atoms with Crippen molar-refractivity contribution >= 4 is 23.5 Å². The molecule has 0 bridgehead atoms. The molecular weight excluding hydrogens is 366 g/mol. The first-order valence-corrected chi connectivity index (χ1v) is 8.93. The molecule has 0 saturated heterocycles. The Balaban J connectivity index is 1.78. The van der Waals surface area contributed by atoms with Gasteiger partial charge in [-0.1, -0.05) is 35.9 Å². The average molecular weight is 386 g/mol. The summed E-state index contributed by atoms with van der Waals surface area (Å²) in [4.78, 5) is 4.33. The van der Waals surface area contributed by atoms with Crippen LogP contribution in [0, 0.1) is 0 Å². The van der Waals surface area contributed by atoms with E-state index in [2.05, 4.69) is 15.4 Å². The number of nitrogens with zero attached hydrogens (tertiary/aromatic N) is 3. The van der Waals surface area contributed by atoms with Crippen molar-refractivity contribution in [3.05, 3.63) is 58.6 Å². The first-order valence-electron chi connectivity index (χ1n) is 8.55. The third-order valence-electron chi connectivity index (χ3n) is 4.78. The molecule has 0 unspecified atom stereocenters. The molecule has 3 N–H and O–H groups in total. The summed E-state index contributed by atoms with van der Waals surface area (Å²) in [5, 5.41) is 8.48. The van der Waals surface area contributed by atoms with E-state index < -0.39 is 0 Å². The Kier molecular flexibility index (Phi) is 4.53. The van der Waals surface area contributed by atoms with Crippen molar-refractivity contribution in [2.45, 2.75) is 18.5 Å². The van der Waals surface area contributed by atoms with E-state index in [0.29, 0.717) is 22.5 Å². The lowest BCUT2D eigenvalue weighted by Crippen LogP contribution is -2.28. The number of nitrogens with two attached hydrogens (primary N) is 1. The molecule has 140 valence electrons. The van der Waals surface area contributed by atoms with Gasteiger partial charge in [-0.05, 0) is 35.7 Å². The summed E-state index contributed by atoms with van der Waals surface area (Å²) >= 11 is 6.43. The number of methoxy groups -OCH3 is 2. The van der Waals surface area contributed by atoms with Crippen LogP contribution in [0.25, 0.3) is 0 Å². The SMILES string of the molecule is COc1ccc([C@@H]2C[C@H](c3ccccc3Cl)Nc3nc(N)nn32)cc1OC. The summed E-state index contributed by atoms with van der Waals surface area (Å²) in [6.45, 7) is 0. The minimum atomic E-state index is -0.0767. The molecule has 3 aromatic rings. The molecule has 1 aromatic heterocycles. The molecule has 4 rings (SSSR count). The number of hydrogen-bond donors (Lipinski definition) is 2. The molecule has 0 aliphatic carbocycles.